The van der Waals surface area contributed by atoms with Crippen LogP contribution in [0.5, 0.6) is 0 Å². The van der Waals surface area contributed by atoms with Crippen molar-refractivity contribution in [2.75, 3.05) is 38.3 Å². The maximum absolute atomic E-state index is 6.41. The van der Waals surface area contributed by atoms with E-state index in [4.69, 9.17) is 16.3 Å². The Labute approximate surface area is 120 Å². The van der Waals surface area contributed by atoms with Gasteiger partial charge in [0.05, 0.1) is 17.3 Å². The second kappa shape index (κ2) is 7.73. The lowest BCUT2D eigenvalue weighted by molar-refractivity contribution is 0.199. The molecule has 0 atom stereocenters. The molecule has 0 bridgehead atoms. The van der Waals surface area contributed by atoms with Crippen LogP contribution in [0.25, 0.3) is 0 Å². The molecular formula is C15H23ClN2O. The summed E-state index contributed by atoms with van der Waals surface area (Å²) in [6, 6.07) is 6.39. The standard InChI is InChI=1S/C15H23ClN2O/c1-19-10-7-17-12-13-5-6-15(14(16)11-13)18-8-3-2-4-9-18/h5-6,11,17H,2-4,7-10,12H2,1H3. The molecule has 1 heterocycles. The maximum Gasteiger partial charge on any atom is 0.0642 e. The molecular weight excluding hydrogens is 260 g/mol. The Bertz CT molecular complexity index is 392. The maximum atomic E-state index is 6.41. The summed E-state index contributed by atoms with van der Waals surface area (Å²) in [5, 5.41) is 4.20. The van der Waals surface area contributed by atoms with E-state index in [2.05, 4.69) is 28.4 Å². The van der Waals surface area contributed by atoms with Crippen LogP contribution in [-0.4, -0.2) is 33.4 Å². The third-order valence-electron chi connectivity index (χ3n) is 3.52. The van der Waals surface area contributed by atoms with Crippen LogP contribution in [0.15, 0.2) is 18.2 Å². The van der Waals surface area contributed by atoms with Gasteiger partial charge in [-0.05, 0) is 37.0 Å². The summed E-state index contributed by atoms with van der Waals surface area (Å²) in [7, 11) is 1.71. The van der Waals surface area contributed by atoms with E-state index >= 15 is 0 Å². The Morgan fingerprint density at radius 2 is 2.05 bits per heavy atom. The molecule has 0 aliphatic carbocycles. The fourth-order valence-electron chi connectivity index (χ4n) is 2.46. The van der Waals surface area contributed by atoms with Crippen LogP contribution in [0.3, 0.4) is 0 Å². The number of hydrogen-bond acceptors (Lipinski definition) is 3. The number of anilines is 1. The quantitative estimate of drug-likeness (QED) is 0.812. The molecule has 1 N–H and O–H groups in total. The second-order valence-corrected chi connectivity index (χ2v) is 5.41. The van der Waals surface area contributed by atoms with Gasteiger partial charge in [-0.15, -0.1) is 0 Å². The zero-order valence-electron chi connectivity index (χ0n) is 11.6. The van der Waals surface area contributed by atoms with Gasteiger partial charge < -0.3 is 15.0 Å². The molecule has 1 fully saturated rings. The van der Waals surface area contributed by atoms with Gasteiger partial charge in [0.15, 0.2) is 0 Å². The molecule has 1 saturated heterocycles. The van der Waals surface area contributed by atoms with Crippen LogP contribution in [0, 0.1) is 0 Å². The van der Waals surface area contributed by atoms with Crippen molar-refractivity contribution in [3.63, 3.8) is 0 Å². The number of ether oxygens (including phenoxy) is 1. The molecule has 0 aromatic heterocycles. The van der Waals surface area contributed by atoms with Gasteiger partial charge in [0.1, 0.15) is 0 Å². The first-order valence-electron chi connectivity index (χ1n) is 7.04. The highest BCUT2D eigenvalue weighted by Crippen LogP contribution is 2.29. The molecule has 0 radical (unpaired) electrons. The first-order chi connectivity index (χ1) is 9.31. The Morgan fingerprint density at radius 1 is 1.26 bits per heavy atom. The van der Waals surface area contributed by atoms with Gasteiger partial charge >= 0.3 is 0 Å². The lowest BCUT2D eigenvalue weighted by Gasteiger charge is -2.29. The van der Waals surface area contributed by atoms with Crippen molar-refractivity contribution in [1.29, 1.82) is 0 Å². The smallest absolute Gasteiger partial charge is 0.0642 e. The van der Waals surface area contributed by atoms with E-state index in [1.807, 2.05) is 0 Å². The van der Waals surface area contributed by atoms with Crippen LogP contribution in [0.4, 0.5) is 5.69 Å². The monoisotopic (exact) mass is 282 g/mol. The minimum atomic E-state index is 0.736. The van der Waals surface area contributed by atoms with Gasteiger partial charge in [0.2, 0.25) is 0 Å². The number of piperidine rings is 1. The molecule has 0 unspecified atom stereocenters. The second-order valence-electron chi connectivity index (χ2n) is 5.00. The number of halogens is 1. The summed E-state index contributed by atoms with van der Waals surface area (Å²) < 4.78 is 5.01. The Kier molecular flexibility index (Phi) is 5.95. The molecule has 3 nitrogen and oxygen atoms in total. The zero-order chi connectivity index (χ0) is 13.5. The molecule has 1 aliphatic rings. The van der Waals surface area contributed by atoms with Gasteiger partial charge in [-0.2, -0.15) is 0 Å². The first kappa shape index (κ1) is 14.6. The lowest BCUT2D eigenvalue weighted by Crippen LogP contribution is -2.29. The predicted molar refractivity (Wildman–Crippen MR) is 81.1 cm³/mol. The molecule has 4 heteroatoms. The van der Waals surface area contributed by atoms with Crippen molar-refractivity contribution >= 4 is 17.3 Å². The van der Waals surface area contributed by atoms with Crippen LogP contribution in [0.2, 0.25) is 5.02 Å². The molecule has 19 heavy (non-hydrogen) atoms. The molecule has 1 aromatic carbocycles. The topological polar surface area (TPSA) is 24.5 Å². The summed E-state index contributed by atoms with van der Waals surface area (Å²) in [4.78, 5) is 2.40. The van der Waals surface area contributed by atoms with E-state index in [0.29, 0.717) is 0 Å². The molecule has 1 aromatic rings. The number of nitrogens with zero attached hydrogens (tertiary/aromatic N) is 1. The highest BCUT2D eigenvalue weighted by molar-refractivity contribution is 6.33. The van der Waals surface area contributed by atoms with E-state index in [0.717, 1.165) is 37.8 Å². The van der Waals surface area contributed by atoms with E-state index in [9.17, 15) is 0 Å². The van der Waals surface area contributed by atoms with Gasteiger partial charge in [-0.3, -0.25) is 0 Å². The van der Waals surface area contributed by atoms with Crippen LogP contribution in [0.1, 0.15) is 24.8 Å². The average Bonchev–Trinajstić information content (AvgIpc) is 2.45. The van der Waals surface area contributed by atoms with Crippen molar-refractivity contribution in [2.24, 2.45) is 0 Å². The molecule has 0 amide bonds. The summed E-state index contributed by atoms with van der Waals surface area (Å²) in [6.07, 6.45) is 3.89. The number of benzene rings is 1. The summed E-state index contributed by atoms with van der Waals surface area (Å²) in [5.74, 6) is 0. The van der Waals surface area contributed by atoms with Crippen LogP contribution in [-0.2, 0) is 11.3 Å². The molecule has 106 valence electrons. The number of rotatable bonds is 6. The van der Waals surface area contributed by atoms with Crippen molar-refractivity contribution in [1.82, 2.24) is 5.32 Å². The largest absolute Gasteiger partial charge is 0.383 e. The summed E-state index contributed by atoms with van der Waals surface area (Å²) in [5.41, 5.74) is 2.41. The summed E-state index contributed by atoms with van der Waals surface area (Å²) >= 11 is 6.41. The zero-order valence-corrected chi connectivity index (χ0v) is 12.4. The fraction of sp³-hybridized carbons (Fsp3) is 0.600. The molecule has 0 saturated carbocycles. The van der Waals surface area contributed by atoms with Gasteiger partial charge in [-0.25, -0.2) is 0 Å². The van der Waals surface area contributed by atoms with E-state index in [-0.39, 0.29) is 0 Å². The molecule has 2 rings (SSSR count). The fourth-order valence-corrected chi connectivity index (χ4v) is 2.78. The highest BCUT2D eigenvalue weighted by atomic mass is 35.5. The minimum absolute atomic E-state index is 0.736. The SMILES string of the molecule is COCCNCc1ccc(N2CCCCC2)c(Cl)c1. The van der Waals surface area contributed by atoms with Crippen LogP contribution < -0.4 is 10.2 Å². The van der Waals surface area contributed by atoms with Crippen molar-refractivity contribution < 1.29 is 4.74 Å². The van der Waals surface area contributed by atoms with Crippen molar-refractivity contribution in [3.05, 3.63) is 28.8 Å². The minimum Gasteiger partial charge on any atom is -0.383 e. The first-order valence-corrected chi connectivity index (χ1v) is 7.42. The Balaban J connectivity index is 1.92. The predicted octanol–water partition coefficient (Wildman–Crippen LogP) is 3.07. The van der Waals surface area contributed by atoms with E-state index in [1.54, 1.807) is 7.11 Å². The Morgan fingerprint density at radius 3 is 2.74 bits per heavy atom. The van der Waals surface area contributed by atoms with Gasteiger partial charge in [0, 0.05) is 33.3 Å². The normalized spacial score (nSPS) is 15.8. The van der Waals surface area contributed by atoms with Gasteiger partial charge in [-0.1, -0.05) is 17.7 Å². The van der Waals surface area contributed by atoms with E-state index in [1.165, 1.54) is 30.5 Å². The number of methoxy groups -OCH3 is 1. The number of hydrogen-bond donors (Lipinski definition) is 1. The van der Waals surface area contributed by atoms with Crippen molar-refractivity contribution in [3.8, 4) is 0 Å². The third-order valence-corrected chi connectivity index (χ3v) is 3.82. The third kappa shape index (κ3) is 4.37. The van der Waals surface area contributed by atoms with E-state index < -0.39 is 0 Å². The number of nitrogens with one attached hydrogen (secondary N) is 1. The molecule has 0 spiro atoms. The summed E-state index contributed by atoms with van der Waals surface area (Å²) in [6.45, 7) is 4.70. The van der Waals surface area contributed by atoms with Crippen molar-refractivity contribution in [2.45, 2.75) is 25.8 Å². The molecule has 1 aliphatic heterocycles. The van der Waals surface area contributed by atoms with Gasteiger partial charge in [0.25, 0.3) is 0 Å². The average molecular weight is 283 g/mol. The highest BCUT2D eigenvalue weighted by Gasteiger charge is 2.13. The lowest BCUT2D eigenvalue weighted by atomic mass is 10.1. The Hall–Kier alpha value is -0.770. The van der Waals surface area contributed by atoms with Crippen LogP contribution >= 0.6 is 11.6 Å².